The minimum atomic E-state index is -1.76. The number of halogens is 4. The molecule has 0 aliphatic rings. The molecule has 1 rings (SSSR count). The Balaban J connectivity index is 2.73. The molecule has 0 aromatic heterocycles. The Hall–Kier alpha value is -1.10. The predicted octanol–water partition coefficient (Wildman–Crippen LogP) is 8.37. The molecule has 1 nitrogen and oxygen atoms in total. The van der Waals surface area contributed by atoms with Crippen LogP contribution in [0.2, 0.25) is 0 Å². The van der Waals surface area contributed by atoms with Crippen molar-refractivity contribution >= 4 is 0 Å². The van der Waals surface area contributed by atoms with Gasteiger partial charge < -0.3 is 5.11 Å². The van der Waals surface area contributed by atoms with Crippen LogP contribution in [-0.4, -0.2) is 10.7 Å². The van der Waals surface area contributed by atoms with Gasteiger partial charge in [0.15, 0.2) is 23.3 Å². The summed E-state index contributed by atoms with van der Waals surface area (Å²) in [6.07, 6.45) is 10.2. The first kappa shape index (κ1) is 27.9. The Morgan fingerprint density at radius 1 is 0.742 bits per heavy atom. The van der Waals surface area contributed by atoms with Crippen molar-refractivity contribution in [3.05, 3.63) is 34.9 Å². The van der Waals surface area contributed by atoms with Gasteiger partial charge in [-0.05, 0) is 55.1 Å². The first-order valence-corrected chi connectivity index (χ1v) is 12.1. The van der Waals surface area contributed by atoms with Crippen LogP contribution in [0.25, 0.3) is 0 Å². The molecule has 1 N–H and O–H groups in total. The Morgan fingerprint density at radius 2 is 1.26 bits per heavy atom. The van der Waals surface area contributed by atoms with Crippen LogP contribution < -0.4 is 0 Å². The summed E-state index contributed by atoms with van der Waals surface area (Å²) in [6, 6.07) is 0.750. The van der Waals surface area contributed by atoms with E-state index in [1.165, 1.54) is 25.7 Å². The zero-order valence-electron chi connectivity index (χ0n) is 20.0. The van der Waals surface area contributed by atoms with Gasteiger partial charge in [0, 0.05) is 0 Å². The predicted molar refractivity (Wildman–Crippen MR) is 120 cm³/mol. The van der Waals surface area contributed by atoms with Crippen molar-refractivity contribution in [1.29, 1.82) is 0 Å². The van der Waals surface area contributed by atoms with Crippen LogP contribution in [0.4, 0.5) is 17.6 Å². The Labute approximate surface area is 186 Å². The second kappa shape index (κ2) is 13.4. The van der Waals surface area contributed by atoms with Crippen LogP contribution in [0.5, 0.6) is 0 Å². The third kappa shape index (κ3) is 7.76. The molecule has 0 aliphatic heterocycles. The third-order valence-electron chi connectivity index (χ3n) is 6.84. The highest BCUT2D eigenvalue weighted by Gasteiger charge is 2.41. The van der Waals surface area contributed by atoms with Crippen LogP contribution in [-0.2, 0) is 6.42 Å². The molecule has 1 atom stereocenters. The van der Waals surface area contributed by atoms with E-state index >= 15 is 0 Å². The first-order chi connectivity index (χ1) is 14.6. The van der Waals surface area contributed by atoms with Crippen molar-refractivity contribution in [2.45, 2.75) is 111 Å². The minimum absolute atomic E-state index is 0.107. The standard InChI is InChI=1S/C26H42F4O/c1-6-7-8-9-10-11-15-21(26(31,18(2)3)19(4)5)16-13-12-14-20-17-22(27)24(29)25(30)23(20)28/h17-19,21,31H,6-16H2,1-5H3. The number of hydrogen-bond donors (Lipinski definition) is 1. The van der Waals surface area contributed by atoms with Crippen LogP contribution in [0.15, 0.2) is 6.07 Å². The van der Waals surface area contributed by atoms with Gasteiger partial charge in [0.25, 0.3) is 0 Å². The summed E-state index contributed by atoms with van der Waals surface area (Å²) >= 11 is 0. The molecule has 1 unspecified atom stereocenters. The van der Waals surface area contributed by atoms with Gasteiger partial charge in [-0.2, -0.15) is 0 Å². The zero-order chi connectivity index (χ0) is 23.6. The van der Waals surface area contributed by atoms with E-state index in [0.29, 0.717) is 12.8 Å². The molecular weight excluding hydrogens is 404 g/mol. The maximum Gasteiger partial charge on any atom is 0.197 e. The summed E-state index contributed by atoms with van der Waals surface area (Å²) in [5.74, 6) is -5.84. The highest BCUT2D eigenvalue weighted by molar-refractivity contribution is 5.21. The number of unbranched alkanes of at least 4 members (excludes halogenated alkanes) is 6. The lowest BCUT2D eigenvalue weighted by atomic mass is 9.68. The van der Waals surface area contributed by atoms with Gasteiger partial charge >= 0.3 is 0 Å². The third-order valence-corrected chi connectivity index (χ3v) is 6.84. The maximum atomic E-state index is 13.9. The van der Waals surface area contributed by atoms with Crippen LogP contribution in [0.1, 0.15) is 104 Å². The van der Waals surface area contributed by atoms with E-state index in [1.54, 1.807) is 0 Å². The average Bonchev–Trinajstić information content (AvgIpc) is 2.72. The second-order valence-electron chi connectivity index (χ2n) is 9.66. The summed E-state index contributed by atoms with van der Waals surface area (Å²) in [5, 5.41) is 11.5. The van der Waals surface area contributed by atoms with Crippen molar-refractivity contribution < 1.29 is 22.7 Å². The molecule has 0 saturated heterocycles. The summed E-state index contributed by atoms with van der Waals surface area (Å²) < 4.78 is 53.9. The summed E-state index contributed by atoms with van der Waals surface area (Å²) in [5.41, 5.74) is -0.921. The van der Waals surface area contributed by atoms with Gasteiger partial charge in [0.2, 0.25) is 0 Å². The van der Waals surface area contributed by atoms with Crippen molar-refractivity contribution in [3.63, 3.8) is 0 Å². The van der Waals surface area contributed by atoms with E-state index in [4.69, 9.17) is 0 Å². The highest BCUT2D eigenvalue weighted by Crippen LogP contribution is 2.39. The van der Waals surface area contributed by atoms with Crippen LogP contribution >= 0.6 is 0 Å². The smallest absolute Gasteiger partial charge is 0.197 e. The Bertz CT molecular complexity index is 649. The molecule has 1 aromatic rings. The van der Waals surface area contributed by atoms with Crippen molar-refractivity contribution in [2.24, 2.45) is 17.8 Å². The molecule has 1 aromatic carbocycles. The maximum absolute atomic E-state index is 13.9. The molecule has 0 spiro atoms. The van der Waals surface area contributed by atoms with Gasteiger partial charge in [0.1, 0.15) is 0 Å². The highest BCUT2D eigenvalue weighted by atomic mass is 19.2. The molecule has 0 amide bonds. The summed E-state index contributed by atoms with van der Waals surface area (Å²) in [7, 11) is 0. The van der Waals surface area contributed by atoms with E-state index in [0.717, 1.165) is 31.7 Å². The Kier molecular flexibility index (Phi) is 12.1. The van der Waals surface area contributed by atoms with Gasteiger partial charge in [-0.15, -0.1) is 0 Å². The minimum Gasteiger partial charge on any atom is -0.389 e. The Morgan fingerprint density at radius 3 is 1.81 bits per heavy atom. The number of aliphatic hydroxyl groups is 1. The fourth-order valence-electron chi connectivity index (χ4n) is 4.90. The van der Waals surface area contributed by atoms with E-state index in [-0.39, 0.29) is 29.7 Å². The average molecular weight is 447 g/mol. The number of benzene rings is 1. The zero-order valence-corrected chi connectivity index (χ0v) is 20.0. The lowest BCUT2D eigenvalue weighted by molar-refractivity contribution is -0.102. The lowest BCUT2D eigenvalue weighted by Gasteiger charge is -2.43. The molecule has 0 radical (unpaired) electrons. The van der Waals surface area contributed by atoms with Gasteiger partial charge in [-0.3, -0.25) is 0 Å². The fraction of sp³-hybridized carbons (Fsp3) is 0.769. The monoisotopic (exact) mass is 446 g/mol. The van der Waals surface area contributed by atoms with Crippen LogP contribution in [0, 0.1) is 41.0 Å². The molecule has 0 aliphatic carbocycles. The lowest BCUT2D eigenvalue weighted by Crippen LogP contribution is -2.47. The second-order valence-corrected chi connectivity index (χ2v) is 9.66. The number of aryl methyl sites for hydroxylation is 1. The number of rotatable bonds is 15. The molecular formula is C26H42F4O. The van der Waals surface area contributed by atoms with Crippen molar-refractivity contribution in [3.8, 4) is 0 Å². The van der Waals surface area contributed by atoms with Gasteiger partial charge in [-0.1, -0.05) is 79.6 Å². The first-order valence-electron chi connectivity index (χ1n) is 12.1. The number of hydrogen-bond acceptors (Lipinski definition) is 1. The van der Waals surface area contributed by atoms with Gasteiger partial charge in [-0.25, -0.2) is 17.6 Å². The van der Waals surface area contributed by atoms with E-state index in [9.17, 15) is 22.7 Å². The van der Waals surface area contributed by atoms with E-state index in [2.05, 4.69) is 6.92 Å². The molecule has 0 heterocycles. The SMILES string of the molecule is CCCCCCCCC(CCCCc1cc(F)c(F)c(F)c1F)C(O)(C(C)C)C(C)C. The molecule has 5 heteroatoms. The molecule has 0 fully saturated rings. The van der Waals surface area contributed by atoms with E-state index in [1.807, 2.05) is 27.7 Å². The van der Waals surface area contributed by atoms with E-state index < -0.39 is 28.9 Å². The summed E-state index contributed by atoms with van der Waals surface area (Å²) in [4.78, 5) is 0. The molecule has 0 bridgehead atoms. The van der Waals surface area contributed by atoms with Crippen molar-refractivity contribution in [1.82, 2.24) is 0 Å². The summed E-state index contributed by atoms with van der Waals surface area (Å²) in [6.45, 7) is 10.4. The molecule has 180 valence electrons. The molecule has 0 saturated carbocycles. The quantitative estimate of drug-likeness (QED) is 0.124. The normalized spacial score (nSPS) is 13.4. The fourth-order valence-corrected chi connectivity index (χ4v) is 4.90. The van der Waals surface area contributed by atoms with Gasteiger partial charge in [0.05, 0.1) is 5.60 Å². The molecule has 31 heavy (non-hydrogen) atoms. The topological polar surface area (TPSA) is 20.2 Å². The largest absolute Gasteiger partial charge is 0.389 e. The van der Waals surface area contributed by atoms with Crippen molar-refractivity contribution in [2.75, 3.05) is 0 Å². The van der Waals surface area contributed by atoms with Crippen LogP contribution in [0.3, 0.4) is 0 Å².